The Morgan fingerprint density at radius 3 is 2.19 bits per heavy atom. The highest BCUT2D eigenvalue weighted by molar-refractivity contribution is 6.65. The Morgan fingerprint density at radius 2 is 1.81 bits per heavy atom. The molecular formula is C10H24O4Si2. The lowest BCUT2D eigenvalue weighted by Crippen LogP contribution is -2.36. The largest absolute Gasteiger partial charge is 0.462 e. The smallest absolute Gasteiger partial charge is 0.334 e. The van der Waals surface area contributed by atoms with E-state index in [2.05, 4.69) is 6.58 Å². The molecule has 0 aliphatic carbocycles. The fraction of sp³-hybridized carbons (Fsp3) is 0.700. The van der Waals surface area contributed by atoms with Crippen LogP contribution in [-0.2, 0) is 18.4 Å². The molecular weight excluding hydrogens is 240 g/mol. The van der Waals surface area contributed by atoms with Gasteiger partial charge in [-0.15, -0.1) is 0 Å². The van der Waals surface area contributed by atoms with Crippen molar-refractivity contribution >= 4 is 25.5 Å². The van der Waals surface area contributed by atoms with E-state index >= 15 is 0 Å². The van der Waals surface area contributed by atoms with Crippen LogP contribution in [0.25, 0.3) is 0 Å². The van der Waals surface area contributed by atoms with Gasteiger partial charge in [-0.25, -0.2) is 4.79 Å². The van der Waals surface area contributed by atoms with Crippen LogP contribution >= 0.6 is 0 Å². The minimum absolute atomic E-state index is 0. The Balaban J connectivity index is 0. The molecule has 0 bridgehead atoms. The van der Waals surface area contributed by atoms with Gasteiger partial charge in [-0.2, -0.15) is 0 Å². The fourth-order valence-corrected chi connectivity index (χ4v) is 2.33. The minimum atomic E-state index is -2.01. The maximum atomic E-state index is 11.0. The van der Waals surface area contributed by atoms with Crippen LogP contribution in [0, 0.1) is 0 Å². The van der Waals surface area contributed by atoms with Gasteiger partial charge in [0.15, 0.2) is 0 Å². The molecule has 0 N–H and O–H groups in total. The fourth-order valence-electron chi connectivity index (χ4n) is 0.969. The van der Waals surface area contributed by atoms with Gasteiger partial charge >= 0.3 is 14.5 Å². The van der Waals surface area contributed by atoms with Crippen molar-refractivity contribution in [1.29, 1.82) is 0 Å². The lowest BCUT2D eigenvalue weighted by Gasteiger charge is -2.22. The van der Waals surface area contributed by atoms with Gasteiger partial charge in [0, 0.05) is 19.8 Å². The molecule has 0 saturated heterocycles. The van der Waals surface area contributed by atoms with E-state index in [-0.39, 0.29) is 16.9 Å². The molecule has 0 rings (SSSR count). The molecule has 0 atom stereocenters. The summed E-state index contributed by atoms with van der Waals surface area (Å²) in [5.74, 6) is -0.340. The monoisotopic (exact) mass is 264 g/mol. The highest BCUT2D eigenvalue weighted by Gasteiger charge is 2.27. The van der Waals surface area contributed by atoms with Crippen molar-refractivity contribution in [2.75, 3.05) is 20.8 Å². The zero-order valence-electron chi connectivity index (χ0n) is 9.96. The molecule has 16 heavy (non-hydrogen) atoms. The van der Waals surface area contributed by atoms with E-state index in [1.165, 1.54) is 0 Å². The van der Waals surface area contributed by atoms with Gasteiger partial charge in [0.1, 0.15) is 0 Å². The van der Waals surface area contributed by atoms with Crippen molar-refractivity contribution in [3.8, 4) is 0 Å². The summed E-state index contributed by atoms with van der Waals surface area (Å²) in [5.41, 5.74) is 0.425. The van der Waals surface area contributed by atoms with Crippen LogP contribution in [0.3, 0.4) is 0 Å². The van der Waals surface area contributed by atoms with E-state index < -0.39 is 8.56 Å². The normalized spacial score (nSPS) is 10.5. The number of carbonyl (C=O) groups is 1. The Kier molecular flexibility index (Phi) is 9.74. The second-order valence-electron chi connectivity index (χ2n) is 3.56. The molecule has 0 aromatic rings. The molecule has 0 aromatic carbocycles. The third-order valence-corrected chi connectivity index (χ3v) is 5.21. The SMILES string of the molecule is C=C(C)C(=O)OCCC[Si](C)(OC)OC.[SiH4]. The van der Waals surface area contributed by atoms with Crippen LogP contribution in [0.2, 0.25) is 12.6 Å². The first-order valence-electron chi connectivity index (χ1n) is 4.88. The Bertz CT molecular complexity index is 227. The maximum absolute atomic E-state index is 11.0. The lowest BCUT2D eigenvalue weighted by atomic mass is 10.4. The average Bonchev–Trinajstić information content (AvgIpc) is 2.23. The topological polar surface area (TPSA) is 44.8 Å². The molecule has 0 aliphatic rings. The van der Waals surface area contributed by atoms with Crippen LogP contribution in [0.15, 0.2) is 12.2 Å². The first-order valence-corrected chi connectivity index (χ1v) is 7.40. The number of hydrogen-bond acceptors (Lipinski definition) is 4. The van der Waals surface area contributed by atoms with E-state index in [1.54, 1.807) is 21.1 Å². The summed E-state index contributed by atoms with van der Waals surface area (Å²) in [6.07, 6.45) is 0.753. The molecule has 0 aromatic heterocycles. The van der Waals surface area contributed by atoms with Gasteiger partial charge in [0.25, 0.3) is 0 Å². The molecule has 0 fully saturated rings. The number of hydrogen-bond donors (Lipinski definition) is 0. The van der Waals surface area contributed by atoms with E-state index in [9.17, 15) is 4.79 Å². The molecule has 0 spiro atoms. The first-order chi connectivity index (χ1) is 6.95. The molecule has 0 radical (unpaired) electrons. The Labute approximate surface area is 103 Å². The third-order valence-electron chi connectivity index (χ3n) is 2.22. The van der Waals surface area contributed by atoms with Crippen LogP contribution < -0.4 is 0 Å². The molecule has 0 unspecified atom stereocenters. The summed E-state index contributed by atoms with van der Waals surface area (Å²) in [5, 5.41) is 0. The second-order valence-corrected chi connectivity index (χ2v) is 7.15. The van der Waals surface area contributed by atoms with Gasteiger partial charge in [0.05, 0.1) is 6.61 Å². The van der Waals surface area contributed by atoms with Gasteiger partial charge < -0.3 is 13.6 Å². The highest BCUT2D eigenvalue weighted by atomic mass is 28.4. The molecule has 0 aliphatic heterocycles. The van der Waals surface area contributed by atoms with Gasteiger partial charge in [-0.05, 0) is 36.9 Å². The first kappa shape index (κ1) is 17.9. The highest BCUT2D eigenvalue weighted by Crippen LogP contribution is 2.13. The summed E-state index contributed by atoms with van der Waals surface area (Å²) < 4.78 is 15.6. The molecule has 4 nitrogen and oxygen atoms in total. The van der Waals surface area contributed by atoms with Gasteiger partial charge in [-0.3, -0.25) is 0 Å². The van der Waals surface area contributed by atoms with Crippen molar-refractivity contribution in [1.82, 2.24) is 0 Å². The predicted octanol–water partition coefficient (Wildman–Crippen LogP) is 0.409. The summed E-state index contributed by atoms with van der Waals surface area (Å²) in [6.45, 7) is 7.50. The summed E-state index contributed by atoms with van der Waals surface area (Å²) in [7, 11) is 1.29. The Hall–Kier alpha value is -0.436. The molecule has 0 saturated carbocycles. The molecule has 96 valence electrons. The summed E-state index contributed by atoms with van der Waals surface area (Å²) in [6, 6.07) is 0.809. The van der Waals surface area contributed by atoms with E-state index in [1.807, 2.05) is 6.55 Å². The number of ether oxygens (including phenoxy) is 1. The van der Waals surface area contributed by atoms with Crippen LogP contribution in [-0.4, -0.2) is 46.3 Å². The Morgan fingerprint density at radius 1 is 1.31 bits per heavy atom. The van der Waals surface area contributed by atoms with Crippen molar-refractivity contribution in [2.45, 2.75) is 25.9 Å². The summed E-state index contributed by atoms with van der Waals surface area (Å²) >= 11 is 0. The predicted molar refractivity (Wildman–Crippen MR) is 72.2 cm³/mol. The van der Waals surface area contributed by atoms with Crippen LogP contribution in [0.4, 0.5) is 0 Å². The van der Waals surface area contributed by atoms with Crippen LogP contribution in [0.1, 0.15) is 13.3 Å². The number of carbonyl (C=O) groups excluding carboxylic acids is 1. The van der Waals surface area contributed by atoms with E-state index in [4.69, 9.17) is 13.6 Å². The quantitative estimate of drug-likeness (QED) is 0.289. The number of esters is 1. The number of rotatable bonds is 7. The van der Waals surface area contributed by atoms with Crippen molar-refractivity contribution < 1.29 is 18.4 Å². The van der Waals surface area contributed by atoms with Crippen molar-refractivity contribution in [3.05, 3.63) is 12.2 Å². The standard InChI is InChI=1S/C10H20O4Si.H4Si/c1-9(2)10(11)14-7-6-8-15(5,12-3)13-4;/h1,6-8H2,2-5H3;1H4. The van der Waals surface area contributed by atoms with Crippen molar-refractivity contribution in [3.63, 3.8) is 0 Å². The zero-order valence-corrected chi connectivity index (χ0v) is 11.0. The van der Waals surface area contributed by atoms with Crippen molar-refractivity contribution in [2.24, 2.45) is 0 Å². The zero-order chi connectivity index (χ0) is 11.9. The maximum Gasteiger partial charge on any atom is 0.334 e. The average molecular weight is 264 g/mol. The lowest BCUT2D eigenvalue weighted by molar-refractivity contribution is -0.138. The van der Waals surface area contributed by atoms with Crippen LogP contribution in [0.5, 0.6) is 0 Å². The second kappa shape index (κ2) is 8.69. The van der Waals surface area contributed by atoms with Gasteiger partial charge in [-0.1, -0.05) is 6.58 Å². The molecule has 0 heterocycles. The summed E-state index contributed by atoms with van der Waals surface area (Å²) in [4.78, 5) is 11.0. The van der Waals surface area contributed by atoms with E-state index in [0.29, 0.717) is 12.2 Å². The van der Waals surface area contributed by atoms with Gasteiger partial charge in [0.2, 0.25) is 0 Å². The third kappa shape index (κ3) is 6.94. The molecule has 6 heteroatoms. The van der Waals surface area contributed by atoms with E-state index in [0.717, 1.165) is 12.5 Å². The minimum Gasteiger partial charge on any atom is -0.462 e. The molecule has 0 amide bonds.